The summed E-state index contributed by atoms with van der Waals surface area (Å²) in [6.07, 6.45) is -1.61. The molecule has 3 aromatic rings. The minimum Gasteiger partial charge on any atom is -0.465 e. The molecule has 0 aliphatic heterocycles. The van der Waals surface area contributed by atoms with Crippen molar-refractivity contribution in [1.82, 2.24) is 20.1 Å². The molecular formula is C26H30BrN5O7. The largest absolute Gasteiger partial charge is 0.465 e. The first-order chi connectivity index (χ1) is 18.0. The fraction of sp³-hybridized carbons (Fsp3) is 0.385. The Morgan fingerprint density at radius 3 is 2.00 bits per heavy atom. The van der Waals surface area contributed by atoms with E-state index in [2.05, 4.69) is 31.1 Å². The Bertz CT molecular complexity index is 1330. The molecule has 208 valence electrons. The number of halogens is 1. The summed E-state index contributed by atoms with van der Waals surface area (Å²) in [6.45, 7) is 10.2. The summed E-state index contributed by atoms with van der Waals surface area (Å²) < 4.78 is 17.4. The standard InChI is InChI=1S/C26H30BrN5O7/c1-25(2,3)38-23(35)32(24(36)39-26(4,5)6)19-18(12-17(27)13-28-19)21-30-29-20(37-21)16-10-8-15(9-11-16)14-31(7)22(33)34/h8-13H,14H2,1-7H3,(H,33,34). The second-order valence-electron chi connectivity index (χ2n) is 10.6. The smallest absolute Gasteiger partial charge is 0.425 e. The van der Waals surface area contributed by atoms with Gasteiger partial charge in [-0.05, 0) is 81.2 Å². The third kappa shape index (κ3) is 7.99. The van der Waals surface area contributed by atoms with E-state index in [4.69, 9.17) is 19.0 Å². The summed E-state index contributed by atoms with van der Waals surface area (Å²) in [5.41, 5.74) is -0.283. The maximum Gasteiger partial charge on any atom is 0.425 e. The van der Waals surface area contributed by atoms with Gasteiger partial charge in [-0.1, -0.05) is 12.1 Å². The molecule has 0 unspecified atom stereocenters. The van der Waals surface area contributed by atoms with Gasteiger partial charge in [0.1, 0.15) is 11.2 Å². The zero-order valence-corrected chi connectivity index (χ0v) is 24.3. The molecule has 1 aromatic carbocycles. The van der Waals surface area contributed by atoms with Gasteiger partial charge in [-0.25, -0.2) is 19.4 Å². The van der Waals surface area contributed by atoms with Gasteiger partial charge in [0.15, 0.2) is 5.82 Å². The van der Waals surface area contributed by atoms with Crippen LogP contribution in [0.15, 0.2) is 45.4 Å². The van der Waals surface area contributed by atoms with Crippen molar-refractivity contribution in [2.75, 3.05) is 11.9 Å². The molecule has 0 aliphatic carbocycles. The second-order valence-corrected chi connectivity index (χ2v) is 11.5. The van der Waals surface area contributed by atoms with E-state index in [-0.39, 0.29) is 29.7 Å². The average Bonchev–Trinajstić information content (AvgIpc) is 3.28. The highest BCUT2D eigenvalue weighted by atomic mass is 79.9. The Hall–Kier alpha value is -4.00. The summed E-state index contributed by atoms with van der Waals surface area (Å²) in [5.74, 6) is 0.0275. The Labute approximate surface area is 234 Å². The lowest BCUT2D eigenvalue weighted by atomic mass is 10.1. The molecule has 0 saturated heterocycles. The van der Waals surface area contributed by atoms with E-state index in [1.807, 2.05) is 0 Å². The molecule has 12 nitrogen and oxygen atoms in total. The number of amides is 3. The van der Waals surface area contributed by atoms with Gasteiger partial charge >= 0.3 is 18.3 Å². The molecule has 0 radical (unpaired) electrons. The molecule has 2 aromatic heterocycles. The topological polar surface area (TPSA) is 148 Å². The van der Waals surface area contributed by atoms with Crippen LogP contribution < -0.4 is 4.90 Å². The first-order valence-corrected chi connectivity index (χ1v) is 12.6. The highest BCUT2D eigenvalue weighted by Crippen LogP contribution is 2.34. The number of anilines is 1. The fourth-order valence-electron chi connectivity index (χ4n) is 3.17. The van der Waals surface area contributed by atoms with Gasteiger partial charge < -0.3 is 23.9 Å². The van der Waals surface area contributed by atoms with E-state index in [9.17, 15) is 14.4 Å². The van der Waals surface area contributed by atoms with Crippen LogP contribution in [0.1, 0.15) is 47.1 Å². The molecule has 0 saturated carbocycles. The number of imide groups is 1. The monoisotopic (exact) mass is 603 g/mol. The molecule has 0 aliphatic rings. The van der Waals surface area contributed by atoms with Crippen LogP contribution in [0.5, 0.6) is 0 Å². The van der Waals surface area contributed by atoms with Crippen molar-refractivity contribution < 1.29 is 33.4 Å². The van der Waals surface area contributed by atoms with Gasteiger partial charge in [0.25, 0.3) is 5.89 Å². The van der Waals surface area contributed by atoms with E-state index >= 15 is 0 Å². The number of pyridine rings is 1. The number of hydrogen-bond donors (Lipinski definition) is 1. The van der Waals surface area contributed by atoms with Crippen molar-refractivity contribution in [2.45, 2.75) is 59.3 Å². The Balaban J connectivity index is 2.01. The SMILES string of the molecule is CN(Cc1ccc(-c2nnc(-c3cc(Br)cnc3N(C(=O)OC(C)(C)C)C(=O)OC(C)(C)C)o2)cc1)C(=O)O. The van der Waals surface area contributed by atoms with Crippen molar-refractivity contribution in [3.8, 4) is 22.9 Å². The van der Waals surface area contributed by atoms with Crippen molar-refractivity contribution in [3.05, 3.63) is 46.6 Å². The number of carbonyl (C=O) groups excluding carboxylic acids is 2. The molecule has 0 atom stereocenters. The number of nitrogens with zero attached hydrogens (tertiary/aromatic N) is 5. The first-order valence-electron chi connectivity index (χ1n) is 11.8. The number of carbonyl (C=O) groups is 3. The second kappa shape index (κ2) is 11.4. The van der Waals surface area contributed by atoms with Crippen LogP contribution in [-0.2, 0) is 16.0 Å². The summed E-state index contributed by atoms with van der Waals surface area (Å²) in [7, 11) is 1.47. The lowest BCUT2D eigenvalue weighted by Gasteiger charge is -2.28. The number of carboxylic acid groups (broad SMARTS) is 1. The molecule has 0 spiro atoms. The van der Waals surface area contributed by atoms with Crippen LogP contribution in [-0.4, -0.2) is 61.7 Å². The Kier molecular flexibility index (Phi) is 8.64. The number of rotatable bonds is 5. The minimum atomic E-state index is -1.04. The Morgan fingerprint density at radius 1 is 0.949 bits per heavy atom. The van der Waals surface area contributed by atoms with Gasteiger partial charge in [-0.2, -0.15) is 4.90 Å². The fourth-order valence-corrected chi connectivity index (χ4v) is 3.50. The average molecular weight is 604 g/mol. The van der Waals surface area contributed by atoms with Gasteiger partial charge in [-0.15, -0.1) is 10.2 Å². The van der Waals surface area contributed by atoms with Crippen LogP contribution in [0.4, 0.5) is 20.2 Å². The lowest BCUT2D eigenvalue weighted by molar-refractivity contribution is 0.0429. The van der Waals surface area contributed by atoms with E-state index in [0.29, 0.717) is 14.9 Å². The zero-order chi connectivity index (χ0) is 29.1. The maximum atomic E-state index is 13.2. The van der Waals surface area contributed by atoms with Crippen LogP contribution in [0.3, 0.4) is 0 Å². The van der Waals surface area contributed by atoms with E-state index in [0.717, 1.165) is 10.5 Å². The number of hydrogen-bond acceptors (Lipinski definition) is 9. The minimum absolute atomic E-state index is 0.0133. The number of aromatic nitrogens is 3. The predicted molar refractivity (Wildman–Crippen MR) is 145 cm³/mol. The molecule has 13 heteroatoms. The van der Waals surface area contributed by atoms with Crippen molar-refractivity contribution in [2.24, 2.45) is 0 Å². The highest BCUT2D eigenvalue weighted by Gasteiger charge is 2.36. The van der Waals surface area contributed by atoms with E-state index in [1.54, 1.807) is 71.9 Å². The van der Waals surface area contributed by atoms with Crippen molar-refractivity contribution in [3.63, 3.8) is 0 Å². The van der Waals surface area contributed by atoms with Crippen LogP contribution in [0, 0.1) is 0 Å². The van der Waals surface area contributed by atoms with Crippen LogP contribution >= 0.6 is 15.9 Å². The quantitative estimate of drug-likeness (QED) is 0.349. The van der Waals surface area contributed by atoms with Gasteiger partial charge in [0.05, 0.1) is 5.56 Å². The first kappa shape index (κ1) is 29.6. The lowest BCUT2D eigenvalue weighted by Crippen LogP contribution is -2.44. The molecule has 0 bridgehead atoms. The van der Waals surface area contributed by atoms with Gasteiger partial charge in [0.2, 0.25) is 5.89 Å². The third-order valence-corrected chi connectivity index (χ3v) is 5.23. The summed E-state index contributed by atoms with van der Waals surface area (Å²) in [6, 6.07) is 8.51. The maximum absolute atomic E-state index is 13.2. The molecule has 3 amide bonds. The van der Waals surface area contributed by atoms with Gasteiger partial charge in [-0.3, -0.25) is 0 Å². The van der Waals surface area contributed by atoms with E-state index in [1.165, 1.54) is 13.2 Å². The molecule has 1 N–H and O–H groups in total. The number of benzene rings is 1. The van der Waals surface area contributed by atoms with Gasteiger partial charge in [0, 0.05) is 29.8 Å². The summed E-state index contributed by atoms with van der Waals surface area (Å²) >= 11 is 3.35. The predicted octanol–water partition coefficient (Wildman–Crippen LogP) is 6.35. The van der Waals surface area contributed by atoms with Crippen molar-refractivity contribution >= 4 is 40.0 Å². The van der Waals surface area contributed by atoms with Crippen LogP contribution in [0.2, 0.25) is 0 Å². The third-order valence-electron chi connectivity index (χ3n) is 4.80. The summed E-state index contributed by atoms with van der Waals surface area (Å²) in [5, 5.41) is 17.3. The Morgan fingerprint density at radius 2 is 1.49 bits per heavy atom. The van der Waals surface area contributed by atoms with E-state index < -0.39 is 29.5 Å². The molecular weight excluding hydrogens is 574 g/mol. The van der Waals surface area contributed by atoms with Crippen LogP contribution in [0.25, 0.3) is 22.9 Å². The summed E-state index contributed by atoms with van der Waals surface area (Å²) in [4.78, 5) is 43.6. The molecule has 39 heavy (non-hydrogen) atoms. The number of ether oxygens (including phenoxy) is 2. The normalized spacial score (nSPS) is 11.6. The highest BCUT2D eigenvalue weighted by molar-refractivity contribution is 9.10. The van der Waals surface area contributed by atoms with Crippen molar-refractivity contribution in [1.29, 1.82) is 0 Å². The zero-order valence-electron chi connectivity index (χ0n) is 22.7. The molecule has 2 heterocycles. The molecule has 3 rings (SSSR count). The molecule has 0 fully saturated rings.